The number of hydrogen-bond donors (Lipinski definition) is 0. The summed E-state index contributed by atoms with van der Waals surface area (Å²) in [6.45, 7) is 9.64. The van der Waals surface area contributed by atoms with E-state index in [0.717, 1.165) is 64.6 Å². The predicted octanol–water partition coefficient (Wildman–Crippen LogP) is 5.61. The predicted molar refractivity (Wildman–Crippen MR) is 125 cm³/mol. The molecule has 0 N–H and O–H groups in total. The third-order valence-electron chi connectivity index (χ3n) is 5.62. The first-order valence-electron chi connectivity index (χ1n) is 10.7. The Labute approximate surface area is 181 Å². The Morgan fingerprint density at radius 1 is 1.10 bits per heavy atom. The zero-order chi connectivity index (χ0) is 21.1. The van der Waals surface area contributed by atoms with Gasteiger partial charge in [-0.1, -0.05) is 25.2 Å². The molecule has 0 aliphatic heterocycles. The molecule has 0 radical (unpaired) electrons. The summed E-state index contributed by atoms with van der Waals surface area (Å²) in [5, 5.41) is 0. The number of hydrogen-bond acceptors (Lipinski definition) is 5. The average molecular weight is 421 g/mol. The Bertz CT molecular complexity index is 1170. The second kappa shape index (κ2) is 9.06. The van der Waals surface area contributed by atoms with Crippen molar-refractivity contribution in [3.05, 3.63) is 53.9 Å². The fraction of sp³-hybridized carbons (Fsp3) is 0.375. The van der Waals surface area contributed by atoms with Crippen molar-refractivity contribution >= 4 is 32.3 Å². The van der Waals surface area contributed by atoms with Crippen LogP contribution in [0.3, 0.4) is 0 Å². The fourth-order valence-corrected chi connectivity index (χ4v) is 4.83. The smallest absolute Gasteiger partial charge is 0.195 e. The van der Waals surface area contributed by atoms with E-state index in [4.69, 9.17) is 4.98 Å². The number of aryl methyl sites for hydroxylation is 1. The number of carbonyl (C=O) groups excluding carboxylic acids is 1. The highest BCUT2D eigenvalue weighted by atomic mass is 32.1. The van der Waals surface area contributed by atoms with Crippen LogP contribution in [-0.2, 0) is 0 Å². The zero-order valence-corrected chi connectivity index (χ0v) is 18.7. The van der Waals surface area contributed by atoms with E-state index in [9.17, 15) is 4.79 Å². The van der Waals surface area contributed by atoms with Gasteiger partial charge in [0.1, 0.15) is 5.69 Å². The maximum absolute atomic E-state index is 12.7. The summed E-state index contributed by atoms with van der Waals surface area (Å²) >= 11 is 1.62. The quantitative estimate of drug-likeness (QED) is 0.261. The number of ketones is 1. The first-order chi connectivity index (χ1) is 14.6. The molecule has 1 aromatic carbocycles. The topological polar surface area (TPSA) is 50.5 Å². The number of fused-ring (bicyclic) bond motifs is 3. The van der Waals surface area contributed by atoms with Crippen LogP contribution >= 0.6 is 11.3 Å². The first kappa shape index (κ1) is 20.7. The molecule has 0 amide bonds. The molecule has 30 heavy (non-hydrogen) atoms. The lowest BCUT2D eigenvalue weighted by molar-refractivity contribution is 0.0978. The van der Waals surface area contributed by atoms with Crippen LogP contribution in [0, 0.1) is 6.92 Å². The number of rotatable bonds is 9. The monoisotopic (exact) mass is 420 g/mol. The van der Waals surface area contributed by atoms with Gasteiger partial charge in [-0.05, 0) is 75.3 Å². The molecule has 0 fully saturated rings. The van der Waals surface area contributed by atoms with Gasteiger partial charge in [-0.25, -0.2) is 4.98 Å². The third-order valence-corrected chi connectivity index (χ3v) is 6.63. The van der Waals surface area contributed by atoms with E-state index in [1.54, 1.807) is 11.3 Å². The van der Waals surface area contributed by atoms with Gasteiger partial charge in [0.2, 0.25) is 0 Å². The van der Waals surface area contributed by atoms with Crippen LogP contribution in [0.15, 0.2) is 42.7 Å². The van der Waals surface area contributed by atoms with Crippen LogP contribution in [0.4, 0.5) is 0 Å². The van der Waals surface area contributed by atoms with Crippen molar-refractivity contribution in [1.29, 1.82) is 0 Å². The number of Topliss-reactive ketones (excluding diaryl/α,β-unsaturated/α-hetero) is 1. The van der Waals surface area contributed by atoms with Crippen LogP contribution in [0.5, 0.6) is 0 Å². The summed E-state index contributed by atoms with van der Waals surface area (Å²) < 4.78 is 3.19. The molecular weight excluding hydrogens is 392 g/mol. The number of aromatic nitrogens is 3. The molecular formula is C24H28N4OS. The molecule has 0 aliphatic rings. The van der Waals surface area contributed by atoms with Gasteiger partial charge in [0.25, 0.3) is 0 Å². The summed E-state index contributed by atoms with van der Waals surface area (Å²) in [7, 11) is 0. The molecule has 156 valence electrons. The molecule has 0 spiro atoms. The Hall–Kier alpha value is -2.57. The Kier molecular flexibility index (Phi) is 6.25. The van der Waals surface area contributed by atoms with E-state index in [-0.39, 0.29) is 5.78 Å². The standard InChI is InChI=1S/C24H28N4OS/c1-4-27(5-2)13-7-6-8-22(29)18-9-10-21-23(15-18)30-24-26-20(16-28(21)24)19-14-17(3)11-12-25-19/h9-12,14-16H,4-8,13H2,1-3H3. The number of unbranched alkanes of at least 4 members (excludes halogenated alkanes) is 1. The molecule has 6 heteroatoms. The largest absolute Gasteiger partial charge is 0.304 e. The van der Waals surface area contributed by atoms with Crippen molar-refractivity contribution in [3.63, 3.8) is 0 Å². The molecule has 3 heterocycles. The van der Waals surface area contributed by atoms with Gasteiger partial charge in [-0.3, -0.25) is 14.2 Å². The molecule has 5 nitrogen and oxygen atoms in total. The van der Waals surface area contributed by atoms with Crippen LogP contribution in [0.25, 0.3) is 26.6 Å². The SMILES string of the molecule is CCN(CC)CCCCC(=O)c1ccc2c(c1)sc1nc(-c3cc(C)ccn3)cn12. The van der Waals surface area contributed by atoms with Crippen molar-refractivity contribution in [2.75, 3.05) is 19.6 Å². The molecule has 4 rings (SSSR count). The normalized spacial score (nSPS) is 11.7. The molecule has 0 bridgehead atoms. The van der Waals surface area contributed by atoms with Crippen LogP contribution in [0.2, 0.25) is 0 Å². The fourth-order valence-electron chi connectivity index (χ4n) is 3.78. The van der Waals surface area contributed by atoms with Gasteiger partial charge in [-0.15, -0.1) is 0 Å². The zero-order valence-electron chi connectivity index (χ0n) is 17.9. The first-order valence-corrected chi connectivity index (χ1v) is 11.5. The van der Waals surface area contributed by atoms with E-state index in [1.807, 2.05) is 42.7 Å². The van der Waals surface area contributed by atoms with E-state index in [0.29, 0.717) is 6.42 Å². The summed E-state index contributed by atoms with van der Waals surface area (Å²) in [4.78, 5) is 25.2. The second-order valence-corrected chi connectivity index (χ2v) is 8.70. The van der Waals surface area contributed by atoms with Crippen molar-refractivity contribution in [3.8, 4) is 11.4 Å². The lowest BCUT2D eigenvalue weighted by atomic mass is 10.1. The minimum Gasteiger partial charge on any atom is -0.304 e. The van der Waals surface area contributed by atoms with Gasteiger partial charge in [-0.2, -0.15) is 0 Å². The van der Waals surface area contributed by atoms with Crippen molar-refractivity contribution in [2.45, 2.75) is 40.0 Å². The minimum absolute atomic E-state index is 0.229. The van der Waals surface area contributed by atoms with Gasteiger partial charge >= 0.3 is 0 Å². The number of benzene rings is 1. The number of imidazole rings is 1. The second-order valence-electron chi connectivity index (χ2n) is 7.69. The lowest BCUT2D eigenvalue weighted by Crippen LogP contribution is -2.24. The molecule has 0 saturated carbocycles. The Balaban J connectivity index is 1.48. The van der Waals surface area contributed by atoms with Gasteiger partial charge < -0.3 is 4.90 Å². The molecule has 3 aromatic heterocycles. The van der Waals surface area contributed by atoms with Crippen molar-refractivity contribution in [1.82, 2.24) is 19.3 Å². The maximum atomic E-state index is 12.7. The number of carbonyl (C=O) groups is 1. The average Bonchev–Trinajstić information content (AvgIpc) is 3.31. The Morgan fingerprint density at radius 3 is 2.70 bits per heavy atom. The van der Waals surface area contributed by atoms with Gasteiger partial charge in [0, 0.05) is 24.4 Å². The van der Waals surface area contributed by atoms with Gasteiger partial charge in [0.15, 0.2) is 10.7 Å². The molecule has 0 saturated heterocycles. The van der Waals surface area contributed by atoms with E-state index in [2.05, 4.69) is 35.1 Å². The van der Waals surface area contributed by atoms with Crippen LogP contribution in [-0.4, -0.2) is 44.7 Å². The molecule has 0 atom stereocenters. The lowest BCUT2D eigenvalue weighted by Gasteiger charge is -2.17. The van der Waals surface area contributed by atoms with Crippen LogP contribution in [0.1, 0.15) is 49.0 Å². The third kappa shape index (κ3) is 4.30. The highest BCUT2D eigenvalue weighted by molar-refractivity contribution is 7.23. The van der Waals surface area contributed by atoms with Crippen LogP contribution < -0.4 is 0 Å². The minimum atomic E-state index is 0.229. The van der Waals surface area contributed by atoms with Gasteiger partial charge in [0.05, 0.1) is 15.9 Å². The van der Waals surface area contributed by atoms with E-state index in [1.165, 1.54) is 5.56 Å². The molecule has 4 aromatic rings. The maximum Gasteiger partial charge on any atom is 0.195 e. The molecule has 0 aliphatic carbocycles. The van der Waals surface area contributed by atoms with Crippen molar-refractivity contribution < 1.29 is 4.79 Å². The summed E-state index contributed by atoms with van der Waals surface area (Å²) in [5.41, 5.74) is 4.81. The number of pyridine rings is 1. The molecule has 0 unspecified atom stereocenters. The number of nitrogens with zero attached hydrogens (tertiary/aromatic N) is 4. The number of thiazole rings is 1. The highest BCUT2D eigenvalue weighted by Gasteiger charge is 2.13. The van der Waals surface area contributed by atoms with E-state index >= 15 is 0 Å². The summed E-state index contributed by atoms with van der Waals surface area (Å²) in [6, 6.07) is 10.0. The highest BCUT2D eigenvalue weighted by Crippen LogP contribution is 2.30. The summed E-state index contributed by atoms with van der Waals surface area (Å²) in [5.74, 6) is 0.229. The summed E-state index contributed by atoms with van der Waals surface area (Å²) in [6.07, 6.45) is 6.46. The Morgan fingerprint density at radius 2 is 1.93 bits per heavy atom. The van der Waals surface area contributed by atoms with Crippen molar-refractivity contribution in [2.24, 2.45) is 0 Å². The van der Waals surface area contributed by atoms with E-state index < -0.39 is 0 Å².